The van der Waals surface area contributed by atoms with E-state index in [1.807, 2.05) is 6.07 Å². The van der Waals surface area contributed by atoms with Gasteiger partial charge in [0.25, 0.3) is 0 Å². The molecule has 1 aromatic rings. The number of nitrogens with one attached hydrogen (secondary N) is 1. The molecular weight excluding hydrogens is 414 g/mol. The van der Waals surface area contributed by atoms with E-state index in [0.717, 1.165) is 0 Å². The number of anilines is 1. The van der Waals surface area contributed by atoms with Gasteiger partial charge >= 0.3 is 5.97 Å². The summed E-state index contributed by atoms with van der Waals surface area (Å²) < 4.78 is 11.6. The van der Waals surface area contributed by atoms with Crippen LogP contribution in [0.3, 0.4) is 0 Å². The Morgan fingerprint density at radius 3 is 2.67 bits per heavy atom. The van der Waals surface area contributed by atoms with E-state index in [2.05, 4.69) is 21.2 Å². The zero-order valence-corrected chi connectivity index (χ0v) is 16.9. The van der Waals surface area contributed by atoms with Crippen LogP contribution < -0.4 is 11.1 Å². The predicted octanol–water partition coefficient (Wildman–Crippen LogP) is 2.98. The van der Waals surface area contributed by atoms with Crippen LogP contribution in [0.15, 0.2) is 45.5 Å². The summed E-state index contributed by atoms with van der Waals surface area (Å²) in [6.07, 6.45) is 0. The number of nitriles is 1. The molecule has 1 atom stereocenters. The zero-order chi connectivity index (χ0) is 20.1. The third kappa shape index (κ3) is 2.79. The number of rotatable bonds is 1. The van der Waals surface area contributed by atoms with Gasteiger partial charge in [0.15, 0.2) is 5.41 Å². The van der Waals surface area contributed by atoms with Crippen molar-refractivity contribution in [3.8, 4) is 6.07 Å². The minimum atomic E-state index is -1.73. The fourth-order valence-electron chi connectivity index (χ4n) is 3.38. The molecule has 27 heavy (non-hydrogen) atoms. The highest BCUT2D eigenvalue weighted by atomic mass is 79.9. The van der Waals surface area contributed by atoms with Crippen LogP contribution >= 0.6 is 15.9 Å². The van der Waals surface area contributed by atoms with Gasteiger partial charge in [-0.1, -0.05) is 15.9 Å². The normalized spacial score (nSPS) is 21.6. The molecule has 0 fully saturated rings. The van der Waals surface area contributed by atoms with Crippen molar-refractivity contribution in [3.05, 3.63) is 51.0 Å². The minimum Gasteiger partial charge on any atom is -0.456 e. The standard InChI is InChI=1S/C19H18BrN3O4/c1-9-14(16(24)27-18(2,3)4)19(12(8-21)15(22)26-9)11-7-10(20)5-6-13(11)23-17(19)25/h5-7H,22H2,1-4H3,(H,23,25)/t19-/m0/s1. The van der Waals surface area contributed by atoms with Gasteiger partial charge in [-0.05, 0) is 45.9 Å². The number of hydrogen-bond acceptors (Lipinski definition) is 6. The number of hydrogen-bond donors (Lipinski definition) is 2. The maximum atomic E-state index is 13.2. The van der Waals surface area contributed by atoms with Crippen LogP contribution in [0.25, 0.3) is 0 Å². The van der Waals surface area contributed by atoms with Gasteiger partial charge in [-0.3, -0.25) is 4.79 Å². The Morgan fingerprint density at radius 1 is 1.41 bits per heavy atom. The molecule has 3 N–H and O–H groups in total. The number of halogens is 1. The second-order valence-corrected chi connectivity index (χ2v) is 8.20. The van der Waals surface area contributed by atoms with Crippen molar-refractivity contribution in [3.63, 3.8) is 0 Å². The molecule has 1 spiro atoms. The molecule has 140 valence electrons. The Morgan fingerprint density at radius 2 is 2.07 bits per heavy atom. The smallest absolute Gasteiger partial charge is 0.339 e. The highest BCUT2D eigenvalue weighted by Gasteiger charge is 2.60. The average Bonchev–Trinajstić information content (AvgIpc) is 2.79. The molecule has 1 amide bonds. The Labute approximate surface area is 164 Å². The van der Waals surface area contributed by atoms with Gasteiger partial charge in [0.1, 0.15) is 28.6 Å². The summed E-state index contributed by atoms with van der Waals surface area (Å²) in [5.74, 6) is -1.41. The molecule has 3 rings (SSSR count). The van der Waals surface area contributed by atoms with E-state index in [-0.39, 0.29) is 22.8 Å². The molecule has 0 bridgehead atoms. The van der Waals surface area contributed by atoms with Crippen LogP contribution in [0.1, 0.15) is 33.3 Å². The van der Waals surface area contributed by atoms with Crippen molar-refractivity contribution in [1.82, 2.24) is 0 Å². The van der Waals surface area contributed by atoms with Gasteiger partial charge < -0.3 is 20.5 Å². The van der Waals surface area contributed by atoms with Crippen molar-refractivity contribution in [1.29, 1.82) is 5.26 Å². The topological polar surface area (TPSA) is 114 Å². The number of ether oxygens (including phenoxy) is 2. The van der Waals surface area contributed by atoms with E-state index < -0.39 is 22.9 Å². The largest absolute Gasteiger partial charge is 0.456 e. The SMILES string of the molecule is CC1=C(C(=O)OC(C)(C)C)[C@@]2(C(=O)Nc3ccc(Br)cc32)C(C#N)=C(N)O1. The summed E-state index contributed by atoms with van der Waals surface area (Å²) in [6.45, 7) is 6.66. The van der Waals surface area contributed by atoms with E-state index in [4.69, 9.17) is 15.2 Å². The number of fused-ring (bicyclic) bond motifs is 2. The quantitative estimate of drug-likeness (QED) is 0.660. The fourth-order valence-corrected chi connectivity index (χ4v) is 3.74. The van der Waals surface area contributed by atoms with Crippen LogP contribution in [0, 0.1) is 11.3 Å². The minimum absolute atomic E-state index is 0.0578. The second-order valence-electron chi connectivity index (χ2n) is 7.28. The number of carbonyl (C=O) groups is 2. The van der Waals surface area contributed by atoms with Crippen molar-refractivity contribution < 1.29 is 19.1 Å². The van der Waals surface area contributed by atoms with E-state index in [1.165, 1.54) is 6.92 Å². The molecule has 2 aliphatic heterocycles. The highest BCUT2D eigenvalue weighted by Crippen LogP contribution is 2.52. The van der Waals surface area contributed by atoms with E-state index in [0.29, 0.717) is 15.7 Å². The van der Waals surface area contributed by atoms with E-state index in [1.54, 1.807) is 39.0 Å². The summed E-state index contributed by atoms with van der Waals surface area (Å²) in [5.41, 5.74) is 4.11. The number of amides is 1. The molecule has 8 heteroatoms. The lowest BCUT2D eigenvalue weighted by Gasteiger charge is -2.35. The third-order valence-electron chi connectivity index (χ3n) is 4.30. The Bertz CT molecular complexity index is 982. The number of carbonyl (C=O) groups excluding carboxylic acids is 2. The van der Waals surface area contributed by atoms with Gasteiger partial charge in [0.05, 0.1) is 0 Å². The van der Waals surface area contributed by atoms with E-state index >= 15 is 0 Å². The molecule has 0 aliphatic carbocycles. The Kier molecular flexibility index (Phi) is 4.31. The Hall–Kier alpha value is -2.79. The van der Waals surface area contributed by atoms with Crippen LogP contribution in [-0.4, -0.2) is 17.5 Å². The van der Waals surface area contributed by atoms with Gasteiger partial charge in [-0.15, -0.1) is 0 Å². The average molecular weight is 432 g/mol. The summed E-state index contributed by atoms with van der Waals surface area (Å²) in [4.78, 5) is 26.3. The molecule has 0 saturated carbocycles. The molecule has 0 saturated heterocycles. The molecule has 0 unspecified atom stereocenters. The molecule has 2 aliphatic rings. The first-order chi connectivity index (χ1) is 12.5. The first kappa shape index (κ1) is 19.0. The molecule has 7 nitrogen and oxygen atoms in total. The lowest BCUT2D eigenvalue weighted by Crippen LogP contribution is -2.46. The number of esters is 1. The predicted molar refractivity (Wildman–Crippen MR) is 101 cm³/mol. The summed E-state index contributed by atoms with van der Waals surface area (Å²) in [5, 5.41) is 12.5. The molecular formula is C19H18BrN3O4. The number of benzene rings is 1. The fraction of sp³-hybridized carbons (Fsp3) is 0.316. The van der Waals surface area contributed by atoms with Gasteiger partial charge in [0, 0.05) is 15.7 Å². The first-order valence-corrected chi connectivity index (χ1v) is 8.96. The first-order valence-electron chi connectivity index (χ1n) is 8.16. The zero-order valence-electron chi connectivity index (χ0n) is 15.3. The Balaban J connectivity index is 2.36. The molecule has 2 heterocycles. The lowest BCUT2D eigenvalue weighted by atomic mass is 9.68. The van der Waals surface area contributed by atoms with Crippen molar-refractivity contribution >= 4 is 33.5 Å². The second kappa shape index (κ2) is 6.13. The van der Waals surface area contributed by atoms with Crippen LogP contribution in [-0.2, 0) is 24.5 Å². The van der Waals surface area contributed by atoms with E-state index in [9.17, 15) is 14.9 Å². The summed E-state index contributed by atoms with van der Waals surface area (Å²) in [7, 11) is 0. The molecule has 0 aromatic heterocycles. The van der Waals surface area contributed by atoms with Crippen LogP contribution in [0.2, 0.25) is 0 Å². The maximum Gasteiger partial charge on any atom is 0.339 e. The maximum absolute atomic E-state index is 13.2. The number of allylic oxidation sites excluding steroid dienone is 1. The van der Waals surface area contributed by atoms with Gasteiger partial charge in [-0.25, -0.2) is 4.79 Å². The third-order valence-corrected chi connectivity index (χ3v) is 4.79. The lowest BCUT2D eigenvalue weighted by molar-refractivity contribution is -0.151. The van der Waals surface area contributed by atoms with Crippen molar-refractivity contribution in [2.24, 2.45) is 5.73 Å². The van der Waals surface area contributed by atoms with Crippen molar-refractivity contribution in [2.75, 3.05) is 5.32 Å². The van der Waals surface area contributed by atoms with Gasteiger partial charge in [-0.2, -0.15) is 5.26 Å². The number of nitrogens with two attached hydrogens (primary N) is 1. The molecule has 0 radical (unpaired) electrons. The van der Waals surface area contributed by atoms with Gasteiger partial charge in [0.2, 0.25) is 11.8 Å². The van der Waals surface area contributed by atoms with Crippen molar-refractivity contribution in [2.45, 2.75) is 38.7 Å². The summed E-state index contributed by atoms with van der Waals surface area (Å²) in [6, 6.07) is 7.08. The summed E-state index contributed by atoms with van der Waals surface area (Å²) >= 11 is 3.38. The van der Waals surface area contributed by atoms with Crippen LogP contribution in [0.5, 0.6) is 0 Å². The number of nitrogens with zero attached hydrogens (tertiary/aromatic N) is 1. The van der Waals surface area contributed by atoms with Crippen LogP contribution in [0.4, 0.5) is 5.69 Å². The monoisotopic (exact) mass is 431 g/mol. The molecule has 1 aromatic carbocycles. The highest BCUT2D eigenvalue weighted by molar-refractivity contribution is 9.10.